The Kier molecular flexibility index (Phi) is 3.34. The van der Waals surface area contributed by atoms with Gasteiger partial charge in [-0.15, -0.1) is 0 Å². The molecule has 0 amide bonds. The Bertz CT molecular complexity index is 110. The largest absolute Gasteiger partial charge is 0.392 e. The summed E-state index contributed by atoms with van der Waals surface area (Å²) in [6.45, 7) is 4.78. The summed E-state index contributed by atoms with van der Waals surface area (Å²) < 4.78 is 0. The first-order valence-corrected chi connectivity index (χ1v) is 4.65. The molecular weight excluding hydrogens is 138 g/mol. The van der Waals surface area contributed by atoms with Crippen LogP contribution >= 0.6 is 0 Å². The van der Waals surface area contributed by atoms with Crippen molar-refractivity contribution in [2.24, 2.45) is 5.92 Å². The lowest BCUT2D eigenvalue weighted by molar-refractivity contribution is 0.183. The van der Waals surface area contributed by atoms with E-state index >= 15 is 0 Å². The summed E-state index contributed by atoms with van der Waals surface area (Å²) >= 11 is 0. The van der Waals surface area contributed by atoms with E-state index in [1.807, 2.05) is 6.92 Å². The summed E-state index contributed by atoms with van der Waals surface area (Å²) in [5.41, 5.74) is 0. The molecule has 1 unspecified atom stereocenters. The highest BCUT2D eigenvalue weighted by molar-refractivity contribution is 4.85. The molecule has 1 saturated carbocycles. The molecule has 0 aromatic rings. The number of hydrogen-bond donors (Lipinski definition) is 2. The molecule has 0 saturated heterocycles. The molecule has 66 valence electrons. The molecule has 1 aliphatic carbocycles. The molecule has 0 radical (unpaired) electrons. The summed E-state index contributed by atoms with van der Waals surface area (Å²) in [4.78, 5) is 0. The smallest absolute Gasteiger partial charge is 0.0636 e. The molecule has 11 heavy (non-hydrogen) atoms. The van der Waals surface area contributed by atoms with E-state index in [-0.39, 0.29) is 6.10 Å². The number of aliphatic hydroxyl groups is 1. The van der Waals surface area contributed by atoms with Crippen molar-refractivity contribution in [1.29, 1.82) is 0 Å². The summed E-state index contributed by atoms with van der Waals surface area (Å²) in [5, 5.41) is 12.4. The average molecular weight is 157 g/mol. The maximum Gasteiger partial charge on any atom is 0.0636 e. The zero-order valence-corrected chi connectivity index (χ0v) is 7.51. The van der Waals surface area contributed by atoms with Crippen LogP contribution < -0.4 is 5.32 Å². The summed E-state index contributed by atoms with van der Waals surface area (Å²) in [6.07, 6.45) is 3.75. The van der Waals surface area contributed by atoms with Gasteiger partial charge in [-0.25, -0.2) is 0 Å². The van der Waals surface area contributed by atoms with E-state index < -0.39 is 0 Å². The van der Waals surface area contributed by atoms with Crippen LogP contribution in [0.2, 0.25) is 0 Å². The molecule has 0 aromatic carbocycles. The Hall–Kier alpha value is -0.0800. The van der Waals surface area contributed by atoms with E-state index in [1.165, 1.54) is 19.3 Å². The molecule has 1 fully saturated rings. The van der Waals surface area contributed by atoms with Gasteiger partial charge in [0.25, 0.3) is 0 Å². The van der Waals surface area contributed by atoms with Crippen molar-refractivity contribution in [3.63, 3.8) is 0 Å². The predicted molar refractivity (Wildman–Crippen MR) is 46.5 cm³/mol. The van der Waals surface area contributed by atoms with Gasteiger partial charge in [0.15, 0.2) is 0 Å². The molecule has 2 heteroatoms. The van der Waals surface area contributed by atoms with Gasteiger partial charge in [-0.05, 0) is 32.1 Å². The van der Waals surface area contributed by atoms with Gasteiger partial charge in [0.2, 0.25) is 0 Å². The lowest BCUT2D eigenvalue weighted by Crippen LogP contribution is -2.35. The van der Waals surface area contributed by atoms with E-state index in [0.717, 1.165) is 12.5 Å². The average Bonchev–Trinajstić information content (AvgIpc) is 2.72. The summed E-state index contributed by atoms with van der Waals surface area (Å²) in [6, 6.07) is 0.657. The van der Waals surface area contributed by atoms with Crippen LogP contribution in [-0.2, 0) is 0 Å². The van der Waals surface area contributed by atoms with E-state index in [1.54, 1.807) is 0 Å². The first kappa shape index (κ1) is 9.01. The second kappa shape index (κ2) is 4.07. The fourth-order valence-corrected chi connectivity index (χ4v) is 1.46. The minimum absolute atomic E-state index is 0.206. The molecule has 2 N–H and O–H groups in total. The second-order valence-corrected chi connectivity index (χ2v) is 3.61. The van der Waals surface area contributed by atoms with E-state index in [2.05, 4.69) is 12.2 Å². The van der Waals surface area contributed by atoms with Crippen molar-refractivity contribution in [2.75, 3.05) is 6.54 Å². The number of hydrogen-bond acceptors (Lipinski definition) is 2. The van der Waals surface area contributed by atoms with Gasteiger partial charge in [-0.1, -0.05) is 6.92 Å². The van der Waals surface area contributed by atoms with Crippen LogP contribution in [0.3, 0.4) is 0 Å². The van der Waals surface area contributed by atoms with E-state index in [4.69, 9.17) is 5.11 Å². The van der Waals surface area contributed by atoms with Gasteiger partial charge >= 0.3 is 0 Å². The van der Waals surface area contributed by atoms with Gasteiger partial charge in [-0.2, -0.15) is 0 Å². The van der Waals surface area contributed by atoms with Gasteiger partial charge in [0.05, 0.1) is 6.10 Å². The molecular formula is C9H19NO. The molecule has 1 aliphatic rings. The Labute approximate surface area is 69.0 Å². The van der Waals surface area contributed by atoms with Crippen LogP contribution in [0.5, 0.6) is 0 Å². The van der Waals surface area contributed by atoms with Crippen LogP contribution in [-0.4, -0.2) is 23.8 Å². The van der Waals surface area contributed by atoms with Crippen molar-refractivity contribution < 1.29 is 5.11 Å². The van der Waals surface area contributed by atoms with Gasteiger partial charge in [-0.3, -0.25) is 0 Å². The lowest BCUT2D eigenvalue weighted by atomic mass is 10.1. The Morgan fingerprint density at radius 3 is 2.55 bits per heavy atom. The Balaban J connectivity index is 2.10. The third-order valence-electron chi connectivity index (χ3n) is 2.31. The fraction of sp³-hybridized carbons (Fsp3) is 1.00. The zero-order valence-electron chi connectivity index (χ0n) is 7.51. The molecule has 0 aliphatic heterocycles. The highest BCUT2D eigenvalue weighted by Crippen LogP contribution is 2.33. The Morgan fingerprint density at radius 2 is 2.18 bits per heavy atom. The van der Waals surface area contributed by atoms with Crippen molar-refractivity contribution in [3.8, 4) is 0 Å². The quantitative estimate of drug-likeness (QED) is 0.627. The Morgan fingerprint density at radius 1 is 1.55 bits per heavy atom. The molecule has 0 heterocycles. The first-order valence-electron chi connectivity index (χ1n) is 4.65. The van der Waals surface area contributed by atoms with Gasteiger partial charge in [0, 0.05) is 12.6 Å². The normalized spacial score (nSPS) is 23.2. The standard InChI is InChI=1S/C9H19NO/c1-3-9(8-4-5-8)10-6-7(2)11/h7-11H,3-6H2,1-2H3/t7-,9?/m1/s1. The van der Waals surface area contributed by atoms with Crippen LogP contribution in [0.25, 0.3) is 0 Å². The van der Waals surface area contributed by atoms with E-state index in [9.17, 15) is 0 Å². The topological polar surface area (TPSA) is 32.3 Å². The van der Waals surface area contributed by atoms with Gasteiger partial charge in [0.1, 0.15) is 0 Å². The van der Waals surface area contributed by atoms with Crippen molar-refractivity contribution in [3.05, 3.63) is 0 Å². The SMILES string of the molecule is CCC(NC[C@@H](C)O)C1CC1. The molecule has 2 nitrogen and oxygen atoms in total. The number of aliphatic hydroxyl groups excluding tert-OH is 1. The first-order chi connectivity index (χ1) is 5.24. The molecule has 0 aromatic heterocycles. The predicted octanol–water partition coefficient (Wildman–Crippen LogP) is 1.15. The summed E-state index contributed by atoms with van der Waals surface area (Å²) in [5.74, 6) is 0.902. The lowest BCUT2D eigenvalue weighted by Gasteiger charge is -2.16. The molecule has 1 rings (SSSR count). The number of nitrogens with one attached hydrogen (secondary N) is 1. The zero-order chi connectivity index (χ0) is 8.27. The minimum atomic E-state index is -0.206. The molecule has 2 atom stereocenters. The monoisotopic (exact) mass is 157 g/mol. The second-order valence-electron chi connectivity index (χ2n) is 3.61. The highest BCUT2D eigenvalue weighted by atomic mass is 16.3. The van der Waals surface area contributed by atoms with Crippen molar-refractivity contribution in [1.82, 2.24) is 5.32 Å². The van der Waals surface area contributed by atoms with Crippen molar-refractivity contribution in [2.45, 2.75) is 45.3 Å². The number of rotatable bonds is 5. The highest BCUT2D eigenvalue weighted by Gasteiger charge is 2.29. The van der Waals surface area contributed by atoms with Crippen LogP contribution in [0.15, 0.2) is 0 Å². The van der Waals surface area contributed by atoms with Crippen LogP contribution in [0, 0.1) is 5.92 Å². The minimum Gasteiger partial charge on any atom is -0.392 e. The maximum absolute atomic E-state index is 9.04. The summed E-state index contributed by atoms with van der Waals surface area (Å²) in [7, 11) is 0. The molecule has 0 bridgehead atoms. The van der Waals surface area contributed by atoms with Crippen LogP contribution in [0.4, 0.5) is 0 Å². The third-order valence-corrected chi connectivity index (χ3v) is 2.31. The maximum atomic E-state index is 9.04. The third kappa shape index (κ3) is 3.21. The van der Waals surface area contributed by atoms with Gasteiger partial charge < -0.3 is 10.4 Å². The fourth-order valence-electron chi connectivity index (χ4n) is 1.46. The van der Waals surface area contributed by atoms with Crippen LogP contribution in [0.1, 0.15) is 33.1 Å². The van der Waals surface area contributed by atoms with E-state index in [0.29, 0.717) is 6.04 Å². The van der Waals surface area contributed by atoms with Crippen molar-refractivity contribution >= 4 is 0 Å². The molecule has 0 spiro atoms.